The lowest BCUT2D eigenvalue weighted by atomic mass is 10.2. The number of halogens is 1. The van der Waals surface area contributed by atoms with Gasteiger partial charge in [-0.3, -0.25) is 9.59 Å². The highest BCUT2D eigenvalue weighted by Crippen LogP contribution is 2.15. The molecule has 0 radical (unpaired) electrons. The standard InChI is InChI=1S/C16H24BrN3O2/c1-4-5-14(17)16(22)18-11-10-15(21)19-12-6-8-13(9-7-12)20(2)3/h6-9,14H,4-5,10-11H2,1-3H3,(H,18,22)(H,19,21). The molecule has 5 nitrogen and oxygen atoms in total. The van der Waals surface area contributed by atoms with E-state index >= 15 is 0 Å². The number of anilines is 2. The first-order valence-corrected chi connectivity index (χ1v) is 8.34. The highest BCUT2D eigenvalue weighted by Gasteiger charge is 2.13. The van der Waals surface area contributed by atoms with Crippen LogP contribution in [0, 0.1) is 0 Å². The van der Waals surface area contributed by atoms with Crippen molar-refractivity contribution in [1.29, 1.82) is 0 Å². The van der Waals surface area contributed by atoms with Crippen LogP contribution in [-0.4, -0.2) is 37.3 Å². The van der Waals surface area contributed by atoms with Crippen molar-refractivity contribution >= 4 is 39.1 Å². The van der Waals surface area contributed by atoms with E-state index in [0.29, 0.717) is 6.54 Å². The molecule has 0 heterocycles. The number of carbonyl (C=O) groups excluding carboxylic acids is 2. The molecule has 2 N–H and O–H groups in total. The molecule has 0 spiro atoms. The van der Waals surface area contributed by atoms with Gasteiger partial charge in [0, 0.05) is 38.4 Å². The Morgan fingerprint density at radius 3 is 2.41 bits per heavy atom. The van der Waals surface area contributed by atoms with Crippen LogP contribution >= 0.6 is 15.9 Å². The van der Waals surface area contributed by atoms with Crippen LogP contribution < -0.4 is 15.5 Å². The van der Waals surface area contributed by atoms with Crippen molar-refractivity contribution in [2.45, 2.75) is 31.0 Å². The first kappa shape index (κ1) is 18.5. The molecule has 1 aromatic carbocycles. The van der Waals surface area contributed by atoms with Gasteiger partial charge in [-0.15, -0.1) is 0 Å². The van der Waals surface area contributed by atoms with E-state index in [0.717, 1.165) is 24.2 Å². The highest BCUT2D eigenvalue weighted by molar-refractivity contribution is 9.10. The van der Waals surface area contributed by atoms with Crippen molar-refractivity contribution in [2.75, 3.05) is 30.9 Å². The van der Waals surface area contributed by atoms with E-state index in [1.165, 1.54) is 0 Å². The van der Waals surface area contributed by atoms with E-state index in [1.807, 2.05) is 50.2 Å². The highest BCUT2D eigenvalue weighted by atomic mass is 79.9. The van der Waals surface area contributed by atoms with Gasteiger partial charge in [0.05, 0.1) is 4.83 Å². The maximum atomic E-state index is 11.8. The fourth-order valence-electron chi connectivity index (χ4n) is 1.86. The second kappa shape index (κ2) is 9.46. The van der Waals surface area contributed by atoms with Gasteiger partial charge in [-0.25, -0.2) is 0 Å². The molecule has 0 saturated carbocycles. The Labute approximate surface area is 140 Å². The Balaban J connectivity index is 2.33. The molecule has 1 unspecified atom stereocenters. The van der Waals surface area contributed by atoms with Crippen LogP contribution in [-0.2, 0) is 9.59 Å². The van der Waals surface area contributed by atoms with Gasteiger partial charge in [-0.05, 0) is 30.7 Å². The van der Waals surface area contributed by atoms with Gasteiger partial charge in [0.2, 0.25) is 11.8 Å². The summed E-state index contributed by atoms with van der Waals surface area (Å²) in [5, 5.41) is 5.57. The van der Waals surface area contributed by atoms with Crippen LogP contribution in [0.4, 0.5) is 11.4 Å². The number of amides is 2. The fourth-order valence-corrected chi connectivity index (χ4v) is 2.48. The Morgan fingerprint density at radius 2 is 1.86 bits per heavy atom. The number of benzene rings is 1. The number of nitrogens with zero attached hydrogens (tertiary/aromatic N) is 1. The van der Waals surface area contributed by atoms with Gasteiger partial charge in [0.15, 0.2) is 0 Å². The SMILES string of the molecule is CCCC(Br)C(=O)NCCC(=O)Nc1ccc(N(C)C)cc1. The van der Waals surface area contributed by atoms with Crippen molar-refractivity contribution in [2.24, 2.45) is 0 Å². The zero-order valence-corrected chi connectivity index (χ0v) is 14.9. The van der Waals surface area contributed by atoms with Crippen LogP contribution in [0.5, 0.6) is 0 Å². The van der Waals surface area contributed by atoms with Crippen molar-refractivity contribution < 1.29 is 9.59 Å². The molecule has 122 valence electrons. The van der Waals surface area contributed by atoms with Crippen LogP contribution in [0.1, 0.15) is 26.2 Å². The first-order chi connectivity index (χ1) is 10.4. The minimum atomic E-state index is -0.181. The molecule has 0 bridgehead atoms. The van der Waals surface area contributed by atoms with Crippen LogP contribution in [0.2, 0.25) is 0 Å². The van der Waals surface area contributed by atoms with E-state index in [4.69, 9.17) is 0 Å². The van der Waals surface area contributed by atoms with Gasteiger partial charge < -0.3 is 15.5 Å². The van der Waals surface area contributed by atoms with E-state index < -0.39 is 0 Å². The average molecular weight is 370 g/mol. The van der Waals surface area contributed by atoms with Gasteiger partial charge >= 0.3 is 0 Å². The van der Waals surface area contributed by atoms with E-state index in [1.54, 1.807) is 0 Å². The monoisotopic (exact) mass is 369 g/mol. The molecule has 0 aliphatic rings. The van der Waals surface area contributed by atoms with Gasteiger partial charge in [-0.1, -0.05) is 29.3 Å². The normalized spacial score (nSPS) is 11.6. The first-order valence-electron chi connectivity index (χ1n) is 7.43. The van der Waals surface area contributed by atoms with Crippen LogP contribution in [0.3, 0.4) is 0 Å². The molecule has 0 saturated heterocycles. The van der Waals surface area contributed by atoms with E-state index in [9.17, 15) is 9.59 Å². The summed E-state index contributed by atoms with van der Waals surface area (Å²) in [6.07, 6.45) is 1.98. The van der Waals surface area contributed by atoms with Crippen molar-refractivity contribution in [3.63, 3.8) is 0 Å². The zero-order chi connectivity index (χ0) is 16.5. The summed E-state index contributed by atoms with van der Waals surface area (Å²) in [5.41, 5.74) is 1.83. The predicted molar refractivity (Wildman–Crippen MR) is 94.6 cm³/mol. The Kier molecular flexibility index (Phi) is 7.95. The summed E-state index contributed by atoms with van der Waals surface area (Å²) < 4.78 is 0. The molecule has 1 atom stereocenters. The van der Waals surface area contributed by atoms with E-state index in [2.05, 4.69) is 26.6 Å². The summed E-state index contributed by atoms with van der Waals surface area (Å²) in [4.78, 5) is 25.3. The molecule has 0 aromatic heterocycles. The molecule has 6 heteroatoms. The van der Waals surface area contributed by atoms with E-state index in [-0.39, 0.29) is 23.1 Å². The Morgan fingerprint density at radius 1 is 1.23 bits per heavy atom. The maximum absolute atomic E-state index is 11.8. The molecule has 0 aliphatic carbocycles. The van der Waals surface area contributed by atoms with Crippen molar-refractivity contribution in [3.05, 3.63) is 24.3 Å². The number of hydrogen-bond acceptors (Lipinski definition) is 3. The predicted octanol–water partition coefficient (Wildman–Crippen LogP) is 2.76. The van der Waals surface area contributed by atoms with Crippen molar-refractivity contribution in [3.8, 4) is 0 Å². The smallest absolute Gasteiger partial charge is 0.233 e. The number of nitrogens with one attached hydrogen (secondary N) is 2. The van der Waals surface area contributed by atoms with Gasteiger partial charge in [0.1, 0.15) is 0 Å². The zero-order valence-electron chi connectivity index (χ0n) is 13.4. The van der Waals surface area contributed by atoms with Gasteiger partial charge in [0.25, 0.3) is 0 Å². The largest absolute Gasteiger partial charge is 0.378 e. The summed E-state index contributed by atoms with van der Waals surface area (Å²) in [7, 11) is 3.93. The Hall–Kier alpha value is -1.56. The minimum Gasteiger partial charge on any atom is -0.378 e. The molecule has 1 aromatic rings. The van der Waals surface area contributed by atoms with Crippen LogP contribution in [0.15, 0.2) is 24.3 Å². The summed E-state index contributed by atoms with van der Waals surface area (Å²) in [5.74, 6) is -0.176. The number of hydrogen-bond donors (Lipinski definition) is 2. The fraction of sp³-hybridized carbons (Fsp3) is 0.500. The topological polar surface area (TPSA) is 61.4 Å². The summed E-state index contributed by atoms with van der Waals surface area (Å²) >= 11 is 3.33. The lowest BCUT2D eigenvalue weighted by Gasteiger charge is -2.13. The molecule has 0 aliphatic heterocycles. The minimum absolute atomic E-state index is 0.0648. The molecule has 22 heavy (non-hydrogen) atoms. The second-order valence-electron chi connectivity index (χ2n) is 5.29. The average Bonchev–Trinajstić information content (AvgIpc) is 2.47. The maximum Gasteiger partial charge on any atom is 0.233 e. The summed E-state index contributed by atoms with van der Waals surface area (Å²) in [6, 6.07) is 7.61. The molecule has 1 rings (SSSR count). The van der Waals surface area contributed by atoms with Gasteiger partial charge in [-0.2, -0.15) is 0 Å². The third kappa shape index (κ3) is 6.47. The lowest BCUT2D eigenvalue weighted by molar-refractivity contribution is -0.120. The quantitative estimate of drug-likeness (QED) is 0.692. The van der Waals surface area contributed by atoms with Crippen molar-refractivity contribution in [1.82, 2.24) is 5.32 Å². The second-order valence-corrected chi connectivity index (χ2v) is 6.39. The van der Waals surface area contributed by atoms with Crippen LogP contribution in [0.25, 0.3) is 0 Å². The third-order valence-electron chi connectivity index (χ3n) is 3.15. The number of rotatable bonds is 8. The number of carbonyl (C=O) groups is 2. The Bertz CT molecular complexity index is 489. The lowest BCUT2D eigenvalue weighted by Crippen LogP contribution is -2.33. The summed E-state index contributed by atoms with van der Waals surface area (Å²) in [6.45, 7) is 2.36. The molecule has 2 amide bonds. The molecular formula is C16H24BrN3O2. The third-order valence-corrected chi connectivity index (χ3v) is 4.02. The number of alkyl halides is 1. The molecular weight excluding hydrogens is 346 g/mol. The molecule has 0 fully saturated rings.